The smallest absolute Gasteiger partial charge is 0.250 e. The largest absolute Gasteiger partial charge is 0.315 e. The third-order valence-corrected chi connectivity index (χ3v) is 1.73. The number of aryl methyl sites for hydroxylation is 1. The van der Waals surface area contributed by atoms with Crippen LogP contribution in [-0.2, 0) is 6.54 Å². The van der Waals surface area contributed by atoms with E-state index in [1.165, 1.54) is 17.6 Å². The summed E-state index contributed by atoms with van der Waals surface area (Å²) in [5.41, 5.74) is 0.513. The van der Waals surface area contributed by atoms with Crippen molar-refractivity contribution in [2.75, 3.05) is 0 Å². The minimum Gasteiger partial charge on any atom is -0.315 e. The van der Waals surface area contributed by atoms with E-state index in [1.807, 2.05) is 20.8 Å². The van der Waals surface area contributed by atoms with E-state index < -0.39 is 0 Å². The van der Waals surface area contributed by atoms with Gasteiger partial charge in [0.2, 0.25) is 0 Å². The molecule has 0 saturated carbocycles. The molecule has 0 unspecified atom stereocenters. The van der Waals surface area contributed by atoms with Crippen LogP contribution in [0.4, 0.5) is 0 Å². The highest BCUT2D eigenvalue weighted by Crippen LogP contribution is 1.96. The Labute approximate surface area is 84.4 Å². The van der Waals surface area contributed by atoms with E-state index in [-0.39, 0.29) is 11.3 Å². The summed E-state index contributed by atoms with van der Waals surface area (Å²) < 4.78 is 1.51. The molecule has 1 aromatic rings. The lowest BCUT2D eigenvalue weighted by molar-refractivity contribution is 0.101. The van der Waals surface area contributed by atoms with Gasteiger partial charge in [0.05, 0.1) is 0 Å². The second kappa shape index (κ2) is 6.13. The summed E-state index contributed by atoms with van der Waals surface area (Å²) >= 11 is 0. The van der Waals surface area contributed by atoms with Gasteiger partial charge in [-0.25, -0.2) is 0 Å². The first-order valence-electron chi connectivity index (χ1n) is 4.86. The van der Waals surface area contributed by atoms with E-state index in [1.54, 1.807) is 12.3 Å². The summed E-state index contributed by atoms with van der Waals surface area (Å²) in [5, 5.41) is 0. The van der Waals surface area contributed by atoms with E-state index in [2.05, 4.69) is 0 Å². The zero-order chi connectivity index (χ0) is 11.1. The zero-order valence-corrected chi connectivity index (χ0v) is 9.20. The van der Waals surface area contributed by atoms with Gasteiger partial charge in [0.15, 0.2) is 5.78 Å². The van der Waals surface area contributed by atoms with E-state index in [4.69, 9.17) is 0 Å². The molecule has 0 aliphatic heterocycles. The molecule has 0 aromatic carbocycles. The number of hydrogen-bond donors (Lipinski definition) is 0. The van der Waals surface area contributed by atoms with Gasteiger partial charge in [0, 0.05) is 24.4 Å². The van der Waals surface area contributed by atoms with Crippen molar-refractivity contribution >= 4 is 5.78 Å². The quantitative estimate of drug-likeness (QED) is 0.678. The SMILES string of the molecule is CC.CCn1cc(C(C)=O)ccc1=O. The number of aromatic nitrogens is 1. The van der Waals surface area contributed by atoms with Gasteiger partial charge >= 0.3 is 0 Å². The monoisotopic (exact) mass is 195 g/mol. The van der Waals surface area contributed by atoms with Crippen LogP contribution < -0.4 is 5.56 Å². The number of nitrogens with zero attached hydrogens (tertiary/aromatic N) is 1. The number of rotatable bonds is 2. The summed E-state index contributed by atoms with van der Waals surface area (Å²) in [4.78, 5) is 22.0. The predicted molar refractivity (Wildman–Crippen MR) is 57.7 cm³/mol. The number of pyridine rings is 1. The molecule has 0 radical (unpaired) electrons. The first-order valence-corrected chi connectivity index (χ1v) is 4.86. The highest BCUT2D eigenvalue weighted by atomic mass is 16.1. The summed E-state index contributed by atoms with van der Waals surface area (Å²) in [5.74, 6) is -0.0165. The Kier molecular flexibility index (Phi) is 5.53. The van der Waals surface area contributed by atoms with Crippen LogP contribution in [0.25, 0.3) is 0 Å². The van der Waals surface area contributed by atoms with Crippen molar-refractivity contribution in [3.05, 3.63) is 34.2 Å². The van der Waals surface area contributed by atoms with Gasteiger partial charge in [-0.05, 0) is 19.9 Å². The fourth-order valence-corrected chi connectivity index (χ4v) is 0.987. The number of hydrogen-bond acceptors (Lipinski definition) is 2. The minimum atomic E-state index is -0.0671. The molecule has 78 valence electrons. The molecular weight excluding hydrogens is 178 g/mol. The zero-order valence-electron chi connectivity index (χ0n) is 9.20. The summed E-state index contributed by atoms with van der Waals surface area (Å²) in [6.07, 6.45) is 1.59. The maximum absolute atomic E-state index is 11.1. The Morgan fingerprint density at radius 2 is 1.93 bits per heavy atom. The lowest BCUT2D eigenvalue weighted by Crippen LogP contribution is -2.18. The fourth-order valence-electron chi connectivity index (χ4n) is 0.987. The first-order chi connectivity index (χ1) is 6.65. The van der Waals surface area contributed by atoms with Crippen LogP contribution in [0.5, 0.6) is 0 Å². The van der Waals surface area contributed by atoms with E-state index in [0.717, 1.165) is 0 Å². The highest BCUT2D eigenvalue weighted by molar-refractivity contribution is 5.93. The second-order valence-electron chi connectivity index (χ2n) is 2.60. The molecule has 0 bridgehead atoms. The topological polar surface area (TPSA) is 39.1 Å². The van der Waals surface area contributed by atoms with Crippen molar-refractivity contribution in [1.82, 2.24) is 4.57 Å². The maximum Gasteiger partial charge on any atom is 0.250 e. The lowest BCUT2D eigenvalue weighted by Gasteiger charge is -2.01. The summed E-state index contributed by atoms with van der Waals surface area (Å²) in [6.45, 7) is 7.95. The van der Waals surface area contributed by atoms with Crippen molar-refractivity contribution in [2.24, 2.45) is 0 Å². The normalized spacial score (nSPS) is 8.86. The van der Waals surface area contributed by atoms with Gasteiger partial charge in [0.1, 0.15) is 0 Å². The molecule has 1 rings (SSSR count). The number of ketones is 1. The average molecular weight is 195 g/mol. The molecule has 0 N–H and O–H groups in total. The molecule has 3 nitrogen and oxygen atoms in total. The Bertz CT molecular complexity index is 353. The molecule has 1 aromatic heterocycles. The lowest BCUT2D eigenvalue weighted by atomic mass is 10.2. The van der Waals surface area contributed by atoms with E-state index in [0.29, 0.717) is 12.1 Å². The van der Waals surface area contributed by atoms with Gasteiger partial charge in [-0.2, -0.15) is 0 Å². The average Bonchev–Trinajstić information content (AvgIpc) is 2.21. The van der Waals surface area contributed by atoms with Gasteiger partial charge in [-0.15, -0.1) is 0 Å². The second-order valence-corrected chi connectivity index (χ2v) is 2.60. The van der Waals surface area contributed by atoms with Crippen molar-refractivity contribution in [3.63, 3.8) is 0 Å². The third kappa shape index (κ3) is 3.17. The number of carbonyl (C=O) groups excluding carboxylic acids is 1. The van der Waals surface area contributed by atoms with Crippen LogP contribution >= 0.6 is 0 Å². The van der Waals surface area contributed by atoms with Gasteiger partial charge in [-0.1, -0.05) is 13.8 Å². The Morgan fingerprint density at radius 3 is 2.36 bits per heavy atom. The van der Waals surface area contributed by atoms with Crippen LogP contribution in [0, 0.1) is 0 Å². The van der Waals surface area contributed by atoms with Crippen molar-refractivity contribution in [1.29, 1.82) is 0 Å². The molecule has 0 aliphatic rings. The summed E-state index contributed by atoms with van der Waals surface area (Å²) in [6, 6.07) is 2.97. The molecular formula is C11H17NO2. The van der Waals surface area contributed by atoms with Crippen LogP contribution in [0.2, 0.25) is 0 Å². The molecule has 0 amide bonds. The first kappa shape index (κ1) is 12.6. The molecule has 0 aliphatic carbocycles. The fraction of sp³-hybridized carbons (Fsp3) is 0.455. The number of Topliss-reactive ketones (excluding diaryl/α,β-unsaturated/α-hetero) is 1. The Hall–Kier alpha value is -1.38. The molecule has 0 saturated heterocycles. The minimum absolute atomic E-state index is 0.0165. The van der Waals surface area contributed by atoms with Crippen molar-refractivity contribution in [2.45, 2.75) is 34.2 Å². The maximum atomic E-state index is 11.1. The Morgan fingerprint density at radius 1 is 1.36 bits per heavy atom. The van der Waals surface area contributed by atoms with Crippen LogP contribution in [0.3, 0.4) is 0 Å². The van der Waals surface area contributed by atoms with Crippen molar-refractivity contribution < 1.29 is 4.79 Å². The Balaban J connectivity index is 0.000000791. The molecule has 3 heteroatoms. The molecule has 0 spiro atoms. The molecule has 1 heterocycles. The van der Waals surface area contributed by atoms with Crippen LogP contribution in [-0.4, -0.2) is 10.4 Å². The van der Waals surface area contributed by atoms with Gasteiger partial charge in [-0.3, -0.25) is 9.59 Å². The molecule has 0 fully saturated rings. The predicted octanol–water partition coefficient (Wildman–Crippen LogP) is 2.10. The van der Waals surface area contributed by atoms with E-state index in [9.17, 15) is 9.59 Å². The summed E-state index contributed by atoms with van der Waals surface area (Å²) in [7, 11) is 0. The number of carbonyl (C=O) groups is 1. The standard InChI is InChI=1S/C9H11NO2.C2H6/c1-3-10-6-8(7(2)11)4-5-9(10)12;1-2/h4-6H,3H2,1-2H3;1-2H3. The molecule has 0 atom stereocenters. The van der Waals surface area contributed by atoms with Gasteiger partial charge < -0.3 is 4.57 Å². The van der Waals surface area contributed by atoms with Crippen LogP contribution in [0.1, 0.15) is 38.1 Å². The van der Waals surface area contributed by atoms with Crippen LogP contribution in [0.15, 0.2) is 23.1 Å². The molecule has 14 heavy (non-hydrogen) atoms. The van der Waals surface area contributed by atoms with Gasteiger partial charge in [0.25, 0.3) is 5.56 Å². The third-order valence-electron chi connectivity index (χ3n) is 1.73. The van der Waals surface area contributed by atoms with E-state index >= 15 is 0 Å². The highest BCUT2D eigenvalue weighted by Gasteiger charge is 2.00. The van der Waals surface area contributed by atoms with Crippen molar-refractivity contribution in [3.8, 4) is 0 Å².